The topological polar surface area (TPSA) is 49.4 Å². The zero-order valence-electron chi connectivity index (χ0n) is 13.8. The first-order valence-corrected chi connectivity index (χ1v) is 8.82. The molecule has 0 saturated carbocycles. The van der Waals surface area contributed by atoms with E-state index in [9.17, 15) is 9.59 Å². The summed E-state index contributed by atoms with van der Waals surface area (Å²) in [5.41, 5.74) is 4.57. The normalized spacial score (nSPS) is 25.3. The molecule has 2 aromatic carbocycles. The zero-order valence-corrected chi connectivity index (χ0v) is 14.6. The van der Waals surface area contributed by atoms with Gasteiger partial charge in [-0.15, -0.1) is 11.8 Å². The number of carbonyl (C=O) groups excluding carboxylic acids is 2. The molecule has 2 aliphatic heterocycles. The Morgan fingerprint density at radius 3 is 2.46 bits per heavy atom. The van der Waals surface area contributed by atoms with Gasteiger partial charge in [0.25, 0.3) is 5.91 Å². The van der Waals surface area contributed by atoms with Gasteiger partial charge in [-0.3, -0.25) is 14.5 Å². The van der Waals surface area contributed by atoms with Crippen molar-refractivity contribution in [1.82, 2.24) is 0 Å². The van der Waals surface area contributed by atoms with E-state index in [1.54, 1.807) is 4.90 Å². The lowest BCUT2D eigenvalue weighted by Crippen LogP contribution is -2.47. The van der Waals surface area contributed by atoms with Gasteiger partial charge in [-0.25, -0.2) is 0 Å². The predicted octanol–water partition coefficient (Wildman–Crippen LogP) is 3.58. The van der Waals surface area contributed by atoms with Crippen LogP contribution in [0.4, 0.5) is 11.4 Å². The van der Waals surface area contributed by atoms with Crippen molar-refractivity contribution in [3.8, 4) is 0 Å². The van der Waals surface area contributed by atoms with Gasteiger partial charge in [-0.2, -0.15) is 0 Å². The first-order chi connectivity index (χ1) is 11.4. The Labute approximate surface area is 145 Å². The monoisotopic (exact) mass is 338 g/mol. The summed E-state index contributed by atoms with van der Waals surface area (Å²) < 4.78 is 0. The molecule has 0 bridgehead atoms. The van der Waals surface area contributed by atoms with E-state index in [0.717, 1.165) is 28.1 Å². The maximum Gasteiger partial charge on any atom is 0.266 e. The number of amides is 2. The number of nitrogens with one attached hydrogen (secondary N) is 1. The summed E-state index contributed by atoms with van der Waals surface area (Å²) in [5, 5.41) is 2.67. The van der Waals surface area contributed by atoms with E-state index in [2.05, 4.69) is 11.4 Å². The highest BCUT2D eigenvalue weighted by Gasteiger charge is 2.60. The third kappa shape index (κ3) is 1.94. The van der Waals surface area contributed by atoms with Gasteiger partial charge in [0.1, 0.15) is 0 Å². The molecule has 2 aliphatic rings. The average Bonchev–Trinajstić information content (AvgIpc) is 2.94. The van der Waals surface area contributed by atoms with Crippen LogP contribution in [0.2, 0.25) is 0 Å². The predicted molar refractivity (Wildman–Crippen MR) is 97.2 cm³/mol. The summed E-state index contributed by atoms with van der Waals surface area (Å²) in [5.74, 6) is -0.178. The fourth-order valence-corrected chi connectivity index (χ4v) is 5.12. The molecule has 5 heteroatoms. The van der Waals surface area contributed by atoms with Crippen molar-refractivity contribution >= 4 is 35.0 Å². The largest absolute Gasteiger partial charge is 0.323 e. The lowest BCUT2D eigenvalue weighted by Gasteiger charge is -2.32. The molecular formula is C19H18N2O2S. The molecule has 2 heterocycles. The van der Waals surface area contributed by atoms with Crippen LogP contribution in [-0.4, -0.2) is 17.1 Å². The van der Waals surface area contributed by atoms with Gasteiger partial charge >= 0.3 is 0 Å². The number of fused-ring (bicyclic) bond motifs is 2. The fraction of sp³-hybridized carbons (Fsp3) is 0.263. The molecule has 1 spiro atoms. The quantitative estimate of drug-likeness (QED) is 0.865. The van der Waals surface area contributed by atoms with E-state index in [0.29, 0.717) is 0 Å². The summed E-state index contributed by atoms with van der Waals surface area (Å²) in [6.45, 7) is 5.87. The molecule has 0 radical (unpaired) electrons. The molecule has 24 heavy (non-hydrogen) atoms. The van der Waals surface area contributed by atoms with Crippen LogP contribution in [-0.2, 0) is 14.5 Å². The first kappa shape index (κ1) is 15.3. The second kappa shape index (κ2) is 5.11. The second-order valence-corrected chi connectivity index (χ2v) is 7.96. The summed E-state index contributed by atoms with van der Waals surface area (Å²) in [7, 11) is 0. The summed E-state index contributed by atoms with van der Waals surface area (Å²) >= 11 is 1.41. The van der Waals surface area contributed by atoms with E-state index < -0.39 is 4.87 Å². The maximum atomic E-state index is 13.0. The number of rotatable bonds is 1. The Morgan fingerprint density at radius 1 is 1.08 bits per heavy atom. The number of hydrogen-bond acceptors (Lipinski definition) is 3. The molecule has 122 valence electrons. The van der Waals surface area contributed by atoms with Gasteiger partial charge in [0.15, 0.2) is 0 Å². The van der Waals surface area contributed by atoms with Crippen molar-refractivity contribution in [2.75, 3.05) is 10.2 Å². The zero-order chi connectivity index (χ0) is 17.1. The van der Waals surface area contributed by atoms with E-state index in [1.807, 2.05) is 57.2 Å². The van der Waals surface area contributed by atoms with Gasteiger partial charge in [0.2, 0.25) is 10.8 Å². The van der Waals surface area contributed by atoms with E-state index >= 15 is 0 Å². The minimum Gasteiger partial charge on any atom is -0.323 e. The van der Waals surface area contributed by atoms with Gasteiger partial charge in [-0.1, -0.05) is 24.3 Å². The minimum absolute atomic E-state index is 0.0307. The molecule has 1 fully saturated rings. The summed E-state index contributed by atoms with van der Waals surface area (Å²) in [4.78, 5) is 26.6. The molecule has 1 saturated heterocycles. The lowest BCUT2D eigenvalue weighted by molar-refractivity contribution is -0.122. The number of aryl methyl sites for hydroxylation is 2. The first-order valence-electron chi connectivity index (χ1n) is 7.94. The van der Waals surface area contributed by atoms with Gasteiger partial charge < -0.3 is 5.32 Å². The van der Waals surface area contributed by atoms with Crippen LogP contribution >= 0.6 is 11.8 Å². The standard InChI is InChI=1S/C19H18N2O2S/c1-11-8-12(2)10-14(9-11)21-17(22)13(3)24-19(21)15-6-4-5-7-16(15)20-18(19)23/h4-10,13H,1-3H3,(H,20,23)/t13-,19-/m0/s1. The maximum absolute atomic E-state index is 13.0. The van der Waals surface area contributed by atoms with Crippen molar-refractivity contribution in [2.24, 2.45) is 0 Å². The molecule has 2 aromatic rings. The average molecular weight is 338 g/mol. The highest BCUT2D eigenvalue weighted by Crippen LogP contribution is 2.56. The van der Waals surface area contributed by atoms with Crippen LogP contribution in [0.5, 0.6) is 0 Å². The Kier molecular flexibility index (Phi) is 3.25. The van der Waals surface area contributed by atoms with Crippen molar-refractivity contribution < 1.29 is 9.59 Å². The van der Waals surface area contributed by atoms with Crippen LogP contribution < -0.4 is 10.2 Å². The highest BCUT2D eigenvalue weighted by atomic mass is 32.2. The van der Waals surface area contributed by atoms with Crippen molar-refractivity contribution in [1.29, 1.82) is 0 Å². The van der Waals surface area contributed by atoms with Crippen LogP contribution in [0.3, 0.4) is 0 Å². The minimum atomic E-state index is -1.02. The molecular weight excluding hydrogens is 320 g/mol. The van der Waals surface area contributed by atoms with Gasteiger partial charge in [0.05, 0.1) is 5.25 Å². The number of thioether (sulfide) groups is 1. The van der Waals surface area contributed by atoms with E-state index in [1.165, 1.54) is 11.8 Å². The molecule has 1 N–H and O–H groups in total. The van der Waals surface area contributed by atoms with Crippen molar-refractivity contribution in [3.63, 3.8) is 0 Å². The van der Waals surface area contributed by atoms with Crippen molar-refractivity contribution in [3.05, 3.63) is 59.2 Å². The molecule has 4 nitrogen and oxygen atoms in total. The molecule has 0 aliphatic carbocycles. The third-order valence-electron chi connectivity index (χ3n) is 4.54. The Morgan fingerprint density at radius 2 is 1.75 bits per heavy atom. The van der Waals surface area contributed by atoms with Crippen LogP contribution in [0.1, 0.15) is 23.6 Å². The fourth-order valence-electron chi connectivity index (χ4n) is 3.64. The number of para-hydroxylation sites is 1. The number of carbonyl (C=O) groups is 2. The Balaban J connectivity index is 1.97. The highest BCUT2D eigenvalue weighted by molar-refractivity contribution is 8.03. The Hall–Kier alpha value is -2.27. The molecule has 4 rings (SSSR count). The number of nitrogens with zero attached hydrogens (tertiary/aromatic N) is 1. The molecule has 0 aromatic heterocycles. The van der Waals surface area contributed by atoms with Crippen molar-refractivity contribution in [2.45, 2.75) is 30.9 Å². The number of hydrogen-bond donors (Lipinski definition) is 1. The van der Waals surface area contributed by atoms with Crippen LogP contribution in [0, 0.1) is 13.8 Å². The van der Waals surface area contributed by atoms with Gasteiger partial charge in [0, 0.05) is 16.9 Å². The Bertz CT molecular complexity index is 859. The second-order valence-electron chi connectivity index (χ2n) is 6.42. The lowest BCUT2D eigenvalue weighted by atomic mass is 10.0. The SMILES string of the molecule is Cc1cc(C)cc(N2C(=O)[C@H](C)S[C@@]23C(=O)Nc2ccccc23)c1. The molecule has 2 amide bonds. The summed E-state index contributed by atoms with van der Waals surface area (Å²) in [6, 6.07) is 13.6. The third-order valence-corrected chi connectivity index (χ3v) is 6.03. The summed E-state index contributed by atoms with van der Waals surface area (Å²) in [6.07, 6.45) is 0. The van der Waals surface area contributed by atoms with E-state index in [4.69, 9.17) is 0 Å². The van der Waals surface area contributed by atoms with Gasteiger partial charge in [-0.05, 0) is 50.1 Å². The van der Waals surface area contributed by atoms with E-state index in [-0.39, 0.29) is 17.1 Å². The van der Waals surface area contributed by atoms with Crippen LogP contribution in [0.15, 0.2) is 42.5 Å². The van der Waals surface area contributed by atoms with Crippen LogP contribution in [0.25, 0.3) is 0 Å². The number of anilines is 2. The molecule has 0 unspecified atom stereocenters. The number of benzene rings is 2. The molecule has 2 atom stereocenters. The smallest absolute Gasteiger partial charge is 0.266 e.